The minimum absolute atomic E-state index is 0.148. The van der Waals surface area contributed by atoms with Gasteiger partial charge in [-0.05, 0) is 60.2 Å². The van der Waals surface area contributed by atoms with Gasteiger partial charge in [0.1, 0.15) is 5.82 Å². The van der Waals surface area contributed by atoms with Crippen molar-refractivity contribution >= 4 is 23.4 Å². The molecule has 1 heterocycles. The SMILES string of the molecule is Cc1ccc(NC(=O)CSc2nnnn2-c2ccc(F)cc2)c(C)c1. The predicted molar refractivity (Wildman–Crippen MR) is 94.4 cm³/mol. The molecule has 128 valence electrons. The number of tetrazole rings is 1. The summed E-state index contributed by atoms with van der Waals surface area (Å²) in [6.07, 6.45) is 0. The van der Waals surface area contributed by atoms with Crippen LogP contribution in [0.25, 0.3) is 5.69 Å². The zero-order chi connectivity index (χ0) is 17.8. The number of carbonyl (C=O) groups is 1. The van der Waals surface area contributed by atoms with E-state index in [2.05, 4.69) is 20.8 Å². The number of benzene rings is 2. The second-order valence-electron chi connectivity index (χ2n) is 5.50. The molecule has 0 saturated heterocycles. The molecular formula is C17H16FN5OS. The van der Waals surface area contributed by atoms with Gasteiger partial charge in [0.25, 0.3) is 0 Å². The third-order valence-corrected chi connectivity index (χ3v) is 4.42. The fourth-order valence-corrected chi connectivity index (χ4v) is 2.97. The zero-order valence-corrected chi connectivity index (χ0v) is 14.5. The molecule has 3 rings (SSSR count). The van der Waals surface area contributed by atoms with Gasteiger partial charge in [-0.25, -0.2) is 4.39 Å². The Morgan fingerprint density at radius 3 is 2.68 bits per heavy atom. The Balaban J connectivity index is 1.65. The number of amides is 1. The highest BCUT2D eigenvalue weighted by atomic mass is 32.2. The molecule has 0 spiro atoms. The topological polar surface area (TPSA) is 72.7 Å². The molecule has 0 fully saturated rings. The number of nitrogens with zero attached hydrogens (tertiary/aromatic N) is 4. The number of aryl methyl sites for hydroxylation is 2. The first-order chi connectivity index (χ1) is 12.0. The Hall–Kier alpha value is -2.74. The Labute approximate surface area is 148 Å². The molecule has 0 atom stereocenters. The number of carbonyl (C=O) groups excluding carboxylic acids is 1. The number of anilines is 1. The second-order valence-corrected chi connectivity index (χ2v) is 6.45. The maximum atomic E-state index is 13.0. The Kier molecular flexibility index (Phi) is 5.08. The fourth-order valence-electron chi connectivity index (χ4n) is 2.28. The average molecular weight is 357 g/mol. The van der Waals surface area contributed by atoms with Crippen molar-refractivity contribution in [1.29, 1.82) is 0 Å². The molecule has 1 aromatic heterocycles. The molecule has 3 aromatic rings. The van der Waals surface area contributed by atoms with Crippen LogP contribution in [-0.2, 0) is 4.79 Å². The number of aromatic nitrogens is 4. The van der Waals surface area contributed by atoms with Gasteiger partial charge in [-0.15, -0.1) is 5.10 Å². The minimum Gasteiger partial charge on any atom is -0.325 e. The van der Waals surface area contributed by atoms with Crippen molar-refractivity contribution in [2.45, 2.75) is 19.0 Å². The van der Waals surface area contributed by atoms with Crippen LogP contribution >= 0.6 is 11.8 Å². The van der Waals surface area contributed by atoms with Crippen LogP contribution in [0.5, 0.6) is 0 Å². The van der Waals surface area contributed by atoms with Crippen LogP contribution < -0.4 is 5.32 Å². The first-order valence-electron chi connectivity index (χ1n) is 7.57. The van der Waals surface area contributed by atoms with Gasteiger partial charge in [0.05, 0.1) is 11.4 Å². The minimum atomic E-state index is -0.334. The van der Waals surface area contributed by atoms with E-state index < -0.39 is 0 Å². The molecule has 25 heavy (non-hydrogen) atoms. The smallest absolute Gasteiger partial charge is 0.234 e. The number of halogens is 1. The molecule has 1 N–H and O–H groups in total. The fraction of sp³-hybridized carbons (Fsp3) is 0.176. The third-order valence-electron chi connectivity index (χ3n) is 3.50. The van der Waals surface area contributed by atoms with E-state index in [0.717, 1.165) is 16.8 Å². The van der Waals surface area contributed by atoms with Crippen molar-refractivity contribution in [2.24, 2.45) is 0 Å². The average Bonchev–Trinajstić information content (AvgIpc) is 3.05. The Bertz CT molecular complexity index is 894. The van der Waals surface area contributed by atoms with E-state index in [1.54, 1.807) is 12.1 Å². The van der Waals surface area contributed by atoms with E-state index in [1.807, 2.05) is 32.0 Å². The van der Waals surface area contributed by atoms with Gasteiger partial charge < -0.3 is 5.32 Å². The summed E-state index contributed by atoms with van der Waals surface area (Å²) >= 11 is 1.21. The molecule has 0 aliphatic rings. The summed E-state index contributed by atoms with van der Waals surface area (Å²) in [5, 5.41) is 14.8. The van der Waals surface area contributed by atoms with Crippen molar-refractivity contribution in [3.8, 4) is 5.69 Å². The number of thioether (sulfide) groups is 1. The molecule has 0 radical (unpaired) electrons. The maximum absolute atomic E-state index is 13.0. The molecule has 6 nitrogen and oxygen atoms in total. The standard InChI is InChI=1S/C17H16FN5OS/c1-11-3-8-15(12(2)9-11)19-16(24)10-25-17-20-21-22-23(17)14-6-4-13(18)5-7-14/h3-9H,10H2,1-2H3,(H,19,24). The van der Waals surface area contributed by atoms with Crippen LogP contribution in [0.4, 0.5) is 10.1 Å². The molecule has 8 heteroatoms. The molecule has 0 bridgehead atoms. The van der Waals surface area contributed by atoms with E-state index in [9.17, 15) is 9.18 Å². The summed E-state index contributed by atoms with van der Waals surface area (Å²) in [6, 6.07) is 11.7. The largest absolute Gasteiger partial charge is 0.325 e. The van der Waals surface area contributed by atoms with Crippen molar-refractivity contribution < 1.29 is 9.18 Å². The van der Waals surface area contributed by atoms with Crippen molar-refractivity contribution in [3.63, 3.8) is 0 Å². The molecule has 0 aliphatic heterocycles. The van der Waals surface area contributed by atoms with Crippen molar-refractivity contribution in [1.82, 2.24) is 20.2 Å². The van der Waals surface area contributed by atoms with Gasteiger partial charge in [0, 0.05) is 5.69 Å². The highest BCUT2D eigenvalue weighted by Gasteiger charge is 2.12. The highest BCUT2D eigenvalue weighted by molar-refractivity contribution is 7.99. The van der Waals surface area contributed by atoms with E-state index in [0.29, 0.717) is 10.8 Å². The van der Waals surface area contributed by atoms with Crippen LogP contribution in [0, 0.1) is 19.7 Å². The number of rotatable bonds is 5. The lowest BCUT2D eigenvalue weighted by Gasteiger charge is -2.09. The van der Waals surface area contributed by atoms with Gasteiger partial charge in [-0.1, -0.05) is 29.5 Å². The summed E-state index contributed by atoms with van der Waals surface area (Å²) in [5.74, 6) is -0.320. The monoisotopic (exact) mass is 357 g/mol. The molecule has 2 aromatic carbocycles. The van der Waals surface area contributed by atoms with E-state index in [-0.39, 0.29) is 17.5 Å². The van der Waals surface area contributed by atoms with Crippen molar-refractivity contribution in [3.05, 3.63) is 59.4 Å². The predicted octanol–water partition coefficient (Wildman–Crippen LogP) is 3.15. The Morgan fingerprint density at radius 1 is 1.20 bits per heavy atom. The van der Waals surface area contributed by atoms with Crippen molar-refractivity contribution in [2.75, 3.05) is 11.1 Å². The Morgan fingerprint density at radius 2 is 1.96 bits per heavy atom. The van der Waals surface area contributed by atoms with Gasteiger partial charge in [0.2, 0.25) is 11.1 Å². The third kappa shape index (κ3) is 4.21. The quantitative estimate of drug-likeness (QED) is 0.710. The maximum Gasteiger partial charge on any atom is 0.234 e. The lowest BCUT2D eigenvalue weighted by Crippen LogP contribution is -2.15. The molecule has 0 saturated carbocycles. The van der Waals surface area contributed by atoms with Gasteiger partial charge in [-0.3, -0.25) is 4.79 Å². The first kappa shape index (κ1) is 17.1. The van der Waals surface area contributed by atoms with E-state index in [1.165, 1.54) is 28.6 Å². The van der Waals surface area contributed by atoms with Gasteiger partial charge >= 0.3 is 0 Å². The first-order valence-corrected chi connectivity index (χ1v) is 8.56. The summed E-state index contributed by atoms with van der Waals surface area (Å²) in [7, 11) is 0. The number of hydrogen-bond donors (Lipinski definition) is 1. The van der Waals surface area contributed by atoms with E-state index in [4.69, 9.17) is 0 Å². The zero-order valence-electron chi connectivity index (χ0n) is 13.7. The van der Waals surface area contributed by atoms with Crippen LogP contribution in [-0.4, -0.2) is 31.9 Å². The molecule has 0 unspecified atom stereocenters. The summed E-state index contributed by atoms with van der Waals surface area (Å²) in [4.78, 5) is 12.2. The molecule has 0 aliphatic carbocycles. The molecule has 1 amide bonds. The number of nitrogens with one attached hydrogen (secondary N) is 1. The van der Waals surface area contributed by atoms with E-state index >= 15 is 0 Å². The normalized spacial score (nSPS) is 10.7. The lowest BCUT2D eigenvalue weighted by atomic mass is 10.1. The van der Waals surface area contributed by atoms with Gasteiger partial charge in [-0.2, -0.15) is 4.68 Å². The number of hydrogen-bond acceptors (Lipinski definition) is 5. The van der Waals surface area contributed by atoms with Crippen LogP contribution in [0.3, 0.4) is 0 Å². The second kappa shape index (κ2) is 7.43. The summed E-state index contributed by atoms with van der Waals surface area (Å²) < 4.78 is 14.5. The van der Waals surface area contributed by atoms with Crippen LogP contribution in [0.2, 0.25) is 0 Å². The van der Waals surface area contributed by atoms with Gasteiger partial charge in [0.15, 0.2) is 0 Å². The highest BCUT2D eigenvalue weighted by Crippen LogP contribution is 2.20. The van der Waals surface area contributed by atoms with Crippen LogP contribution in [0.1, 0.15) is 11.1 Å². The summed E-state index contributed by atoms with van der Waals surface area (Å²) in [6.45, 7) is 3.95. The molecular weight excluding hydrogens is 341 g/mol. The summed E-state index contributed by atoms with van der Waals surface area (Å²) in [5.41, 5.74) is 3.57. The lowest BCUT2D eigenvalue weighted by molar-refractivity contribution is -0.113. The van der Waals surface area contributed by atoms with Crippen LogP contribution in [0.15, 0.2) is 47.6 Å².